The molecule has 0 spiro atoms. The van der Waals surface area contributed by atoms with E-state index in [9.17, 15) is 15.0 Å². The fraction of sp³-hybridized carbons (Fsp3) is 0.269. The van der Waals surface area contributed by atoms with Gasteiger partial charge in [0.05, 0.1) is 5.56 Å². The second kappa shape index (κ2) is 10.4. The summed E-state index contributed by atoms with van der Waals surface area (Å²) in [6.45, 7) is 4.20. The van der Waals surface area contributed by atoms with Crippen molar-refractivity contribution in [3.05, 3.63) is 94.0 Å². The summed E-state index contributed by atoms with van der Waals surface area (Å²) in [7, 11) is 0. The molecule has 0 saturated heterocycles. The molecule has 0 atom stereocenters. The molecular formula is C26H28O3S. The Kier molecular flexibility index (Phi) is 7.58. The maximum Gasteiger partial charge on any atom is 0.335 e. The van der Waals surface area contributed by atoms with Crippen LogP contribution in [0.1, 0.15) is 58.4 Å². The van der Waals surface area contributed by atoms with Crippen LogP contribution < -0.4 is 0 Å². The monoisotopic (exact) mass is 420 g/mol. The maximum absolute atomic E-state index is 11.2. The lowest BCUT2D eigenvalue weighted by Crippen LogP contribution is -1.98. The van der Waals surface area contributed by atoms with E-state index in [0.717, 1.165) is 52.2 Å². The van der Waals surface area contributed by atoms with Gasteiger partial charge in [0.15, 0.2) is 0 Å². The minimum Gasteiger partial charge on any atom is -0.507 e. The molecule has 3 rings (SSSR count). The van der Waals surface area contributed by atoms with Gasteiger partial charge in [-0.1, -0.05) is 62.7 Å². The molecule has 0 radical (unpaired) electrons. The number of hydrogen-bond donors (Lipinski definition) is 2. The number of carboxylic acid groups (broad SMARTS) is 1. The molecule has 0 aliphatic carbocycles. The number of aromatic carboxylic acids is 1. The largest absolute Gasteiger partial charge is 0.507 e. The number of carbonyl (C=O) groups is 1. The van der Waals surface area contributed by atoms with Crippen molar-refractivity contribution in [2.75, 3.05) is 0 Å². The van der Waals surface area contributed by atoms with Crippen LogP contribution >= 0.6 is 11.8 Å². The van der Waals surface area contributed by atoms with E-state index in [1.807, 2.05) is 12.1 Å². The molecule has 4 heteroatoms. The van der Waals surface area contributed by atoms with Crippen LogP contribution in [0.2, 0.25) is 0 Å². The smallest absolute Gasteiger partial charge is 0.335 e. The summed E-state index contributed by atoms with van der Waals surface area (Å²) in [4.78, 5) is 12.3. The fourth-order valence-corrected chi connectivity index (χ4v) is 4.66. The van der Waals surface area contributed by atoms with Crippen LogP contribution in [0, 0.1) is 0 Å². The molecule has 156 valence electrons. The van der Waals surface area contributed by atoms with Crippen molar-refractivity contribution < 1.29 is 15.0 Å². The fourth-order valence-electron chi connectivity index (χ4n) is 3.62. The summed E-state index contributed by atoms with van der Waals surface area (Å²) in [6.07, 6.45) is 3.41. The van der Waals surface area contributed by atoms with Crippen LogP contribution in [0.15, 0.2) is 65.6 Å². The maximum atomic E-state index is 11.2. The summed E-state index contributed by atoms with van der Waals surface area (Å²) < 4.78 is 0. The standard InChI is InChI=1S/C26H28O3S/c1-3-7-23-24(13-12-21(4-2)25(23)27)30-17-20-10-5-8-18(15-20)14-19-9-6-11-22(16-19)26(28)29/h5-6,8-13,15-16,27H,3-4,7,14,17H2,1-2H3,(H,28,29). The lowest BCUT2D eigenvalue weighted by molar-refractivity contribution is 0.0696. The number of phenolic OH excluding ortho intramolecular Hbond substituents is 1. The number of thioether (sulfide) groups is 1. The van der Waals surface area contributed by atoms with Crippen molar-refractivity contribution in [3.8, 4) is 5.75 Å². The number of carboxylic acids is 1. The molecule has 3 aromatic rings. The highest BCUT2D eigenvalue weighted by molar-refractivity contribution is 7.98. The van der Waals surface area contributed by atoms with Gasteiger partial charge < -0.3 is 10.2 Å². The first-order chi connectivity index (χ1) is 14.5. The van der Waals surface area contributed by atoms with Gasteiger partial charge in [-0.2, -0.15) is 0 Å². The minimum atomic E-state index is -0.901. The summed E-state index contributed by atoms with van der Waals surface area (Å²) in [5, 5.41) is 19.8. The van der Waals surface area contributed by atoms with Gasteiger partial charge in [0, 0.05) is 16.2 Å². The van der Waals surface area contributed by atoms with Crippen molar-refractivity contribution in [3.63, 3.8) is 0 Å². The number of benzene rings is 3. The molecule has 0 saturated carbocycles. The van der Waals surface area contributed by atoms with E-state index in [1.165, 1.54) is 5.56 Å². The Morgan fingerprint density at radius 2 is 1.63 bits per heavy atom. The zero-order chi connectivity index (χ0) is 21.5. The van der Waals surface area contributed by atoms with Crippen LogP contribution in [0.25, 0.3) is 0 Å². The van der Waals surface area contributed by atoms with E-state index in [4.69, 9.17) is 0 Å². The van der Waals surface area contributed by atoms with E-state index in [1.54, 1.807) is 30.0 Å². The molecule has 0 unspecified atom stereocenters. The van der Waals surface area contributed by atoms with Crippen molar-refractivity contribution in [1.29, 1.82) is 0 Å². The SMILES string of the molecule is CCCc1c(SCc2cccc(Cc3cccc(C(=O)O)c3)c2)ccc(CC)c1O. The molecule has 0 aliphatic heterocycles. The average molecular weight is 421 g/mol. The van der Waals surface area contributed by atoms with Gasteiger partial charge in [-0.05, 0) is 59.7 Å². The Balaban J connectivity index is 1.74. The molecule has 0 heterocycles. The zero-order valence-corrected chi connectivity index (χ0v) is 18.3. The van der Waals surface area contributed by atoms with E-state index < -0.39 is 5.97 Å². The van der Waals surface area contributed by atoms with Crippen LogP contribution in [-0.4, -0.2) is 16.2 Å². The molecule has 30 heavy (non-hydrogen) atoms. The Morgan fingerprint density at radius 1 is 0.933 bits per heavy atom. The first kappa shape index (κ1) is 22.0. The lowest BCUT2D eigenvalue weighted by Gasteiger charge is -2.14. The van der Waals surface area contributed by atoms with E-state index in [-0.39, 0.29) is 0 Å². The number of phenols is 1. The second-order valence-corrected chi connectivity index (χ2v) is 8.46. The number of rotatable bonds is 9. The van der Waals surface area contributed by atoms with Gasteiger partial charge >= 0.3 is 5.97 Å². The summed E-state index contributed by atoms with van der Waals surface area (Å²) in [5.74, 6) is 0.378. The minimum absolute atomic E-state index is 0.318. The second-order valence-electron chi connectivity index (χ2n) is 7.44. The van der Waals surface area contributed by atoms with Gasteiger partial charge in [-0.25, -0.2) is 4.79 Å². The normalized spacial score (nSPS) is 10.9. The highest BCUT2D eigenvalue weighted by Gasteiger charge is 2.12. The van der Waals surface area contributed by atoms with E-state index >= 15 is 0 Å². The topological polar surface area (TPSA) is 57.5 Å². The van der Waals surface area contributed by atoms with Crippen molar-refractivity contribution in [2.45, 2.75) is 50.2 Å². The van der Waals surface area contributed by atoms with Gasteiger partial charge in [-0.15, -0.1) is 11.8 Å². The molecule has 0 bridgehead atoms. The Bertz CT molecular complexity index is 1030. The van der Waals surface area contributed by atoms with Crippen LogP contribution in [0.3, 0.4) is 0 Å². The zero-order valence-electron chi connectivity index (χ0n) is 17.5. The molecule has 2 N–H and O–H groups in total. The molecule has 0 aromatic heterocycles. The number of hydrogen-bond acceptors (Lipinski definition) is 3. The Hall–Kier alpha value is -2.72. The van der Waals surface area contributed by atoms with Crippen LogP contribution in [-0.2, 0) is 25.0 Å². The van der Waals surface area contributed by atoms with Gasteiger partial charge in [0.25, 0.3) is 0 Å². The molecule has 0 aliphatic rings. The molecule has 0 amide bonds. The quantitative estimate of drug-likeness (QED) is 0.389. The predicted octanol–water partition coefficient (Wildman–Crippen LogP) is 6.49. The van der Waals surface area contributed by atoms with Gasteiger partial charge in [0.2, 0.25) is 0 Å². The number of aryl methyl sites for hydroxylation is 1. The first-order valence-electron chi connectivity index (χ1n) is 10.4. The highest BCUT2D eigenvalue weighted by Crippen LogP contribution is 2.35. The van der Waals surface area contributed by atoms with Crippen molar-refractivity contribution in [1.82, 2.24) is 0 Å². The van der Waals surface area contributed by atoms with E-state index in [0.29, 0.717) is 17.7 Å². The van der Waals surface area contributed by atoms with Crippen molar-refractivity contribution >= 4 is 17.7 Å². The van der Waals surface area contributed by atoms with Gasteiger partial charge in [0.1, 0.15) is 5.75 Å². The summed E-state index contributed by atoms with van der Waals surface area (Å²) in [5.41, 5.74) is 5.75. The Labute approximate surface area is 182 Å². The summed E-state index contributed by atoms with van der Waals surface area (Å²) in [6, 6.07) is 19.7. The molecule has 3 nitrogen and oxygen atoms in total. The first-order valence-corrected chi connectivity index (χ1v) is 11.4. The van der Waals surface area contributed by atoms with E-state index in [2.05, 4.69) is 44.2 Å². The van der Waals surface area contributed by atoms with Crippen molar-refractivity contribution in [2.24, 2.45) is 0 Å². The predicted molar refractivity (Wildman–Crippen MR) is 124 cm³/mol. The third kappa shape index (κ3) is 5.45. The van der Waals surface area contributed by atoms with Gasteiger partial charge in [-0.3, -0.25) is 0 Å². The molecule has 0 fully saturated rings. The Morgan fingerprint density at radius 3 is 2.33 bits per heavy atom. The summed E-state index contributed by atoms with van der Waals surface area (Å²) >= 11 is 1.76. The average Bonchev–Trinajstić information content (AvgIpc) is 2.75. The molecule has 3 aromatic carbocycles. The van der Waals surface area contributed by atoms with Crippen LogP contribution in [0.4, 0.5) is 0 Å². The third-order valence-corrected chi connectivity index (χ3v) is 6.34. The molecular weight excluding hydrogens is 392 g/mol. The van der Waals surface area contributed by atoms with Crippen LogP contribution in [0.5, 0.6) is 5.75 Å². The third-order valence-electron chi connectivity index (χ3n) is 5.17. The highest BCUT2D eigenvalue weighted by atomic mass is 32.2. The lowest BCUT2D eigenvalue weighted by atomic mass is 10.0. The number of aromatic hydroxyl groups is 1.